The number of halogens is 2. The van der Waals surface area contributed by atoms with Crippen molar-refractivity contribution in [1.82, 2.24) is 14.8 Å². The predicted octanol–water partition coefficient (Wildman–Crippen LogP) is 5.30. The van der Waals surface area contributed by atoms with Gasteiger partial charge in [-0.25, -0.2) is 0 Å². The molecule has 1 aromatic heterocycles. The molecule has 0 aliphatic carbocycles. The summed E-state index contributed by atoms with van der Waals surface area (Å²) in [7, 11) is 1.93. The van der Waals surface area contributed by atoms with Gasteiger partial charge < -0.3 is 9.30 Å². The van der Waals surface area contributed by atoms with Crippen molar-refractivity contribution in [2.75, 3.05) is 0 Å². The van der Waals surface area contributed by atoms with Crippen molar-refractivity contribution in [2.45, 2.75) is 24.4 Å². The van der Waals surface area contributed by atoms with E-state index in [1.807, 2.05) is 54.9 Å². The first-order valence-corrected chi connectivity index (χ1v) is 9.41. The lowest BCUT2D eigenvalue weighted by Crippen LogP contribution is -2.04. The molecule has 0 saturated heterocycles. The number of hydrogen-bond donors (Lipinski definition) is 0. The van der Waals surface area contributed by atoms with E-state index in [9.17, 15) is 0 Å². The van der Waals surface area contributed by atoms with Gasteiger partial charge in [-0.05, 0) is 36.8 Å². The van der Waals surface area contributed by atoms with Crippen molar-refractivity contribution in [3.05, 3.63) is 69.5 Å². The molecule has 25 heavy (non-hydrogen) atoms. The van der Waals surface area contributed by atoms with E-state index in [0.717, 1.165) is 22.3 Å². The van der Waals surface area contributed by atoms with Crippen LogP contribution in [0.1, 0.15) is 17.0 Å². The molecule has 130 valence electrons. The zero-order valence-corrected chi connectivity index (χ0v) is 16.2. The Morgan fingerprint density at radius 1 is 1.08 bits per heavy atom. The second-order valence-corrected chi connectivity index (χ2v) is 7.37. The van der Waals surface area contributed by atoms with Crippen LogP contribution in [-0.2, 0) is 19.4 Å². The molecular weight excluding hydrogens is 377 g/mol. The average Bonchev–Trinajstić information content (AvgIpc) is 2.94. The Morgan fingerprint density at radius 3 is 2.56 bits per heavy atom. The molecule has 0 atom stereocenters. The third kappa shape index (κ3) is 4.69. The zero-order chi connectivity index (χ0) is 17.8. The van der Waals surface area contributed by atoms with Crippen LogP contribution >= 0.6 is 35.0 Å². The Labute approximate surface area is 161 Å². The first-order chi connectivity index (χ1) is 12.0. The summed E-state index contributed by atoms with van der Waals surface area (Å²) >= 11 is 13.7. The van der Waals surface area contributed by atoms with Crippen LogP contribution in [0.15, 0.2) is 47.6 Å². The Hall–Kier alpha value is -1.69. The quantitative estimate of drug-likeness (QED) is 0.532. The van der Waals surface area contributed by atoms with Gasteiger partial charge in [0.25, 0.3) is 0 Å². The van der Waals surface area contributed by atoms with Gasteiger partial charge in [-0.3, -0.25) is 0 Å². The number of rotatable bonds is 6. The Morgan fingerprint density at radius 2 is 1.84 bits per heavy atom. The number of nitrogens with zero attached hydrogens (tertiary/aromatic N) is 3. The summed E-state index contributed by atoms with van der Waals surface area (Å²) in [5.74, 6) is 2.28. The summed E-state index contributed by atoms with van der Waals surface area (Å²) in [5.41, 5.74) is 2.21. The van der Waals surface area contributed by atoms with Crippen molar-refractivity contribution in [1.29, 1.82) is 0 Å². The maximum atomic E-state index is 6.21. The summed E-state index contributed by atoms with van der Waals surface area (Å²) < 4.78 is 7.70. The lowest BCUT2D eigenvalue weighted by Gasteiger charge is -2.07. The molecule has 0 fully saturated rings. The Kier molecular flexibility index (Phi) is 5.89. The molecule has 0 aliphatic rings. The summed E-state index contributed by atoms with van der Waals surface area (Å²) in [5, 5.41) is 10.5. The van der Waals surface area contributed by atoms with Gasteiger partial charge in [0.1, 0.15) is 12.4 Å². The van der Waals surface area contributed by atoms with Crippen LogP contribution in [0, 0.1) is 6.92 Å². The van der Waals surface area contributed by atoms with Crippen molar-refractivity contribution >= 4 is 35.0 Å². The summed E-state index contributed by atoms with van der Waals surface area (Å²) in [6.45, 7) is 2.41. The number of ether oxygens (including phenoxy) is 1. The molecule has 0 bridgehead atoms. The summed E-state index contributed by atoms with van der Waals surface area (Å²) in [4.78, 5) is 0. The molecule has 4 nitrogen and oxygen atoms in total. The number of thioether (sulfide) groups is 1. The van der Waals surface area contributed by atoms with Gasteiger partial charge in [-0.15, -0.1) is 10.2 Å². The van der Waals surface area contributed by atoms with Gasteiger partial charge in [0, 0.05) is 22.8 Å². The van der Waals surface area contributed by atoms with Gasteiger partial charge in [-0.1, -0.05) is 58.7 Å². The van der Waals surface area contributed by atoms with E-state index in [0.29, 0.717) is 22.4 Å². The predicted molar refractivity (Wildman–Crippen MR) is 103 cm³/mol. The highest BCUT2D eigenvalue weighted by Crippen LogP contribution is 2.28. The van der Waals surface area contributed by atoms with Gasteiger partial charge in [0.2, 0.25) is 0 Å². The van der Waals surface area contributed by atoms with Gasteiger partial charge >= 0.3 is 0 Å². The SMILES string of the molecule is Cc1ccc(OCc2nnc(SCc3ccc(Cl)cc3Cl)n2C)cc1. The molecule has 1 heterocycles. The molecule has 2 aromatic carbocycles. The van der Waals surface area contributed by atoms with E-state index in [-0.39, 0.29) is 0 Å². The molecule has 0 unspecified atom stereocenters. The number of benzene rings is 2. The molecule has 7 heteroatoms. The first-order valence-electron chi connectivity index (χ1n) is 7.67. The summed E-state index contributed by atoms with van der Waals surface area (Å²) in [6, 6.07) is 13.4. The van der Waals surface area contributed by atoms with E-state index in [1.54, 1.807) is 17.8 Å². The van der Waals surface area contributed by atoms with Crippen molar-refractivity contribution in [3.63, 3.8) is 0 Å². The van der Waals surface area contributed by atoms with Crippen LogP contribution in [0.3, 0.4) is 0 Å². The minimum atomic E-state index is 0.370. The molecule has 0 saturated carbocycles. The molecular formula is C18H17Cl2N3OS. The average molecular weight is 394 g/mol. The van der Waals surface area contributed by atoms with Crippen LogP contribution in [0.25, 0.3) is 0 Å². The fourth-order valence-electron chi connectivity index (χ4n) is 2.16. The third-order valence-corrected chi connectivity index (χ3v) is 5.34. The number of aromatic nitrogens is 3. The van der Waals surface area contributed by atoms with Crippen LogP contribution in [0.2, 0.25) is 10.0 Å². The molecule has 0 amide bonds. The van der Waals surface area contributed by atoms with Gasteiger partial charge in [0.15, 0.2) is 11.0 Å². The Balaban J connectivity index is 1.61. The first kappa shape index (κ1) is 18.1. The monoisotopic (exact) mass is 393 g/mol. The highest BCUT2D eigenvalue weighted by Gasteiger charge is 2.11. The maximum Gasteiger partial charge on any atom is 0.191 e. The topological polar surface area (TPSA) is 39.9 Å². The fourth-order valence-corrected chi connectivity index (χ4v) is 3.65. The zero-order valence-electron chi connectivity index (χ0n) is 13.9. The molecule has 3 rings (SSSR count). The van der Waals surface area contributed by atoms with Crippen molar-refractivity contribution in [3.8, 4) is 5.75 Å². The minimum Gasteiger partial charge on any atom is -0.486 e. The van der Waals surface area contributed by atoms with Crippen molar-refractivity contribution < 1.29 is 4.74 Å². The van der Waals surface area contributed by atoms with E-state index in [4.69, 9.17) is 27.9 Å². The molecule has 0 N–H and O–H groups in total. The van der Waals surface area contributed by atoms with Crippen LogP contribution in [0.5, 0.6) is 5.75 Å². The highest BCUT2D eigenvalue weighted by atomic mass is 35.5. The maximum absolute atomic E-state index is 6.21. The molecule has 0 aliphatic heterocycles. The second-order valence-electron chi connectivity index (χ2n) is 5.58. The van der Waals surface area contributed by atoms with E-state index < -0.39 is 0 Å². The molecule has 0 spiro atoms. The second kappa shape index (κ2) is 8.13. The number of aryl methyl sites for hydroxylation is 1. The Bertz CT molecular complexity index is 865. The lowest BCUT2D eigenvalue weighted by atomic mass is 10.2. The van der Waals surface area contributed by atoms with Crippen LogP contribution in [-0.4, -0.2) is 14.8 Å². The number of hydrogen-bond acceptors (Lipinski definition) is 4. The van der Waals surface area contributed by atoms with E-state index in [2.05, 4.69) is 10.2 Å². The van der Waals surface area contributed by atoms with Crippen LogP contribution in [0.4, 0.5) is 0 Å². The van der Waals surface area contributed by atoms with Gasteiger partial charge in [-0.2, -0.15) is 0 Å². The van der Waals surface area contributed by atoms with Gasteiger partial charge in [0.05, 0.1) is 0 Å². The standard InChI is InChI=1S/C18H17Cl2N3OS/c1-12-3-7-15(8-4-12)24-10-17-21-22-18(23(17)2)25-11-13-5-6-14(19)9-16(13)20/h3-9H,10-11H2,1-2H3. The molecule has 3 aromatic rings. The van der Waals surface area contributed by atoms with E-state index >= 15 is 0 Å². The highest BCUT2D eigenvalue weighted by molar-refractivity contribution is 7.98. The largest absolute Gasteiger partial charge is 0.486 e. The molecule has 0 radical (unpaired) electrons. The van der Waals surface area contributed by atoms with Crippen LogP contribution < -0.4 is 4.74 Å². The minimum absolute atomic E-state index is 0.370. The third-order valence-electron chi connectivity index (χ3n) is 3.69. The van der Waals surface area contributed by atoms with Crippen molar-refractivity contribution in [2.24, 2.45) is 7.05 Å². The fraction of sp³-hybridized carbons (Fsp3) is 0.222. The summed E-state index contributed by atoms with van der Waals surface area (Å²) in [6.07, 6.45) is 0. The lowest BCUT2D eigenvalue weighted by molar-refractivity contribution is 0.290. The van der Waals surface area contributed by atoms with E-state index in [1.165, 1.54) is 5.56 Å². The smallest absolute Gasteiger partial charge is 0.191 e. The normalized spacial score (nSPS) is 10.9.